The normalized spacial score (nSPS) is 10.2. The van der Waals surface area contributed by atoms with Crippen LogP contribution in [0.5, 0.6) is 17.2 Å². The summed E-state index contributed by atoms with van der Waals surface area (Å²) in [6.45, 7) is 1.77. The van der Waals surface area contributed by atoms with E-state index in [0.717, 1.165) is 11.1 Å². The van der Waals surface area contributed by atoms with Crippen LogP contribution in [0.4, 0.5) is 0 Å². The molecule has 5 nitrogen and oxygen atoms in total. The number of nitrogens with zero attached hydrogens (tertiary/aromatic N) is 1. The average Bonchev–Trinajstić information content (AvgIpc) is 2.60. The number of benzene rings is 2. The highest BCUT2D eigenvalue weighted by atomic mass is 16.6. The third-order valence-corrected chi connectivity index (χ3v) is 3.14. The fraction of sp³-hybridized carbons (Fsp3) is 0.158. The number of ether oxygens (including phenoxy) is 3. The van der Waals surface area contributed by atoms with Crippen LogP contribution in [0.3, 0.4) is 0 Å². The third kappa shape index (κ3) is 4.89. The van der Waals surface area contributed by atoms with Crippen molar-refractivity contribution in [2.24, 2.45) is 0 Å². The Labute approximate surface area is 140 Å². The first-order chi connectivity index (χ1) is 11.6. The quantitative estimate of drug-likeness (QED) is 0.462. The molecule has 0 amide bonds. The van der Waals surface area contributed by atoms with Gasteiger partial charge in [0.15, 0.2) is 18.1 Å². The fourth-order valence-electron chi connectivity index (χ4n) is 1.93. The molecule has 0 spiro atoms. The second kappa shape index (κ2) is 8.39. The predicted molar refractivity (Wildman–Crippen MR) is 90.0 cm³/mol. The molecule has 0 atom stereocenters. The van der Waals surface area contributed by atoms with Crippen LogP contribution in [0.25, 0.3) is 6.08 Å². The van der Waals surface area contributed by atoms with Crippen LogP contribution < -0.4 is 14.2 Å². The zero-order chi connectivity index (χ0) is 17.4. The van der Waals surface area contributed by atoms with Crippen molar-refractivity contribution < 1.29 is 19.0 Å². The molecule has 2 aromatic carbocycles. The first-order valence-electron chi connectivity index (χ1n) is 7.26. The maximum absolute atomic E-state index is 11.9. The zero-order valence-corrected chi connectivity index (χ0v) is 13.5. The van der Waals surface area contributed by atoms with Gasteiger partial charge in [-0.1, -0.05) is 23.8 Å². The largest absolute Gasteiger partial charge is 0.493 e. The number of hydrogen-bond acceptors (Lipinski definition) is 5. The summed E-state index contributed by atoms with van der Waals surface area (Å²) in [5.41, 5.74) is 1.88. The Balaban J connectivity index is 1.99. The summed E-state index contributed by atoms with van der Waals surface area (Å²) in [4.78, 5) is 11.9. The molecule has 2 rings (SSSR count). The molecule has 0 heterocycles. The van der Waals surface area contributed by atoms with Gasteiger partial charge in [0.1, 0.15) is 5.75 Å². The van der Waals surface area contributed by atoms with Gasteiger partial charge in [-0.2, -0.15) is 5.26 Å². The van der Waals surface area contributed by atoms with Gasteiger partial charge in [-0.25, -0.2) is 4.79 Å². The van der Waals surface area contributed by atoms with Crippen molar-refractivity contribution in [2.75, 3.05) is 13.7 Å². The van der Waals surface area contributed by atoms with Crippen LogP contribution in [0.15, 0.2) is 48.5 Å². The van der Waals surface area contributed by atoms with Gasteiger partial charge >= 0.3 is 5.97 Å². The van der Waals surface area contributed by atoms with Gasteiger partial charge in [0.2, 0.25) is 0 Å². The summed E-state index contributed by atoms with van der Waals surface area (Å²) < 4.78 is 15.9. The minimum absolute atomic E-state index is 0.206. The summed E-state index contributed by atoms with van der Waals surface area (Å²) in [6.07, 6.45) is 2.99. The number of carbonyl (C=O) groups is 1. The van der Waals surface area contributed by atoms with E-state index in [9.17, 15) is 4.79 Å². The van der Waals surface area contributed by atoms with E-state index in [4.69, 9.17) is 19.5 Å². The molecule has 0 N–H and O–H groups in total. The van der Waals surface area contributed by atoms with Crippen LogP contribution >= 0.6 is 0 Å². The molecule has 2 aromatic rings. The molecule has 0 radical (unpaired) electrons. The van der Waals surface area contributed by atoms with Gasteiger partial charge < -0.3 is 14.2 Å². The lowest BCUT2D eigenvalue weighted by molar-refractivity contribution is -0.136. The Hall–Kier alpha value is -3.26. The molecule has 0 aliphatic rings. The minimum Gasteiger partial charge on any atom is -0.493 e. The highest BCUT2D eigenvalue weighted by molar-refractivity contribution is 5.75. The fourth-order valence-corrected chi connectivity index (χ4v) is 1.93. The molecule has 122 valence electrons. The maximum Gasteiger partial charge on any atom is 0.349 e. The van der Waals surface area contributed by atoms with E-state index < -0.39 is 5.97 Å². The average molecular weight is 323 g/mol. The molecule has 0 aliphatic carbocycles. The number of esters is 1. The van der Waals surface area contributed by atoms with E-state index in [1.807, 2.05) is 25.1 Å². The second-order valence-corrected chi connectivity index (χ2v) is 4.95. The standard InChI is InChI=1S/C19H17NO4/c1-14-5-8-16(9-6-14)23-13-19(21)24-17-10-7-15(4-3-11-20)12-18(17)22-2/h3-10,12H,13H2,1-2H3. The molecule has 24 heavy (non-hydrogen) atoms. The van der Waals surface area contributed by atoms with Crippen LogP contribution in [-0.4, -0.2) is 19.7 Å². The number of hydrogen-bond donors (Lipinski definition) is 0. The van der Waals surface area contributed by atoms with E-state index >= 15 is 0 Å². The summed E-state index contributed by atoms with van der Waals surface area (Å²) in [6, 6.07) is 14.3. The number of nitriles is 1. The Morgan fingerprint density at radius 2 is 1.92 bits per heavy atom. The van der Waals surface area contributed by atoms with Crippen molar-refractivity contribution in [1.29, 1.82) is 5.26 Å². The van der Waals surface area contributed by atoms with Crippen LogP contribution in [-0.2, 0) is 4.79 Å². The van der Waals surface area contributed by atoms with Crippen LogP contribution in [0.2, 0.25) is 0 Å². The Kier molecular flexibility index (Phi) is 5.98. The van der Waals surface area contributed by atoms with Gasteiger partial charge in [0, 0.05) is 6.08 Å². The van der Waals surface area contributed by atoms with Crippen molar-refractivity contribution in [3.05, 3.63) is 59.7 Å². The monoisotopic (exact) mass is 323 g/mol. The first kappa shape index (κ1) is 17.1. The topological polar surface area (TPSA) is 68.5 Å². The van der Waals surface area contributed by atoms with E-state index in [2.05, 4.69) is 0 Å². The molecule has 0 unspecified atom stereocenters. The minimum atomic E-state index is -0.533. The highest BCUT2D eigenvalue weighted by Crippen LogP contribution is 2.28. The van der Waals surface area contributed by atoms with Crippen molar-refractivity contribution in [2.45, 2.75) is 6.92 Å². The number of allylic oxidation sites excluding steroid dienone is 1. The highest BCUT2D eigenvalue weighted by Gasteiger charge is 2.11. The molecule has 0 fully saturated rings. The lowest BCUT2D eigenvalue weighted by atomic mass is 10.2. The second-order valence-electron chi connectivity index (χ2n) is 4.95. The number of rotatable bonds is 6. The van der Waals surface area contributed by atoms with Gasteiger partial charge in [0.05, 0.1) is 13.2 Å². The molecule has 0 aliphatic heterocycles. The Morgan fingerprint density at radius 1 is 1.17 bits per heavy atom. The van der Waals surface area contributed by atoms with Crippen LogP contribution in [0, 0.1) is 18.3 Å². The number of carbonyl (C=O) groups excluding carboxylic acids is 1. The van der Waals surface area contributed by atoms with E-state index in [0.29, 0.717) is 17.2 Å². The lowest BCUT2D eigenvalue weighted by Crippen LogP contribution is -2.18. The predicted octanol–water partition coefficient (Wildman–Crippen LogP) is 3.52. The van der Waals surface area contributed by atoms with Gasteiger partial charge in [-0.3, -0.25) is 0 Å². The van der Waals surface area contributed by atoms with Crippen LogP contribution in [0.1, 0.15) is 11.1 Å². The lowest BCUT2D eigenvalue weighted by Gasteiger charge is -2.10. The Morgan fingerprint density at radius 3 is 2.58 bits per heavy atom. The zero-order valence-electron chi connectivity index (χ0n) is 13.5. The van der Waals surface area contributed by atoms with Crippen molar-refractivity contribution >= 4 is 12.0 Å². The summed E-state index contributed by atoms with van der Waals surface area (Å²) in [5.74, 6) is 0.763. The first-order valence-corrected chi connectivity index (χ1v) is 7.26. The van der Waals surface area contributed by atoms with Crippen molar-refractivity contribution in [3.8, 4) is 23.3 Å². The molecule has 0 bridgehead atoms. The van der Waals surface area contributed by atoms with E-state index in [-0.39, 0.29) is 6.61 Å². The van der Waals surface area contributed by atoms with Gasteiger partial charge in [-0.15, -0.1) is 0 Å². The molecule has 0 aromatic heterocycles. The van der Waals surface area contributed by atoms with E-state index in [1.165, 1.54) is 13.2 Å². The smallest absolute Gasteiger partial charge is 0.349 e. The van der Waals surface area contributed by atoms with Crippen molar-refractivity contribution in [1.82, 2.24) is 0 Å². The SMILES string of the molecule is COc1cc(C=CC#N)ccc1OC(=O)COc1ccc(C)cc1. The summed E-state index contributed by atoms with van der Waals surface area (Å²) in [5, 5.41) is 8.54. The molecule has 5 heteroatoms. The molecule has 0 saturated carbocycles. The molecular weight excluding hydrogens is 306 g/mol. The summed E-state index contributed by atoms with van der Waals surface area (Å²) >= 11 is 0. The summed E-state index contributed by atoms with van der Waals surface area (Å²) in [7, 11) is 1.48. The number of aryl methyl sites for hydroxylation is 1. The van der Waals surface area contributed by atoms with E-state index in [1.54, 1.807) is 36.4 Å². The van der Waals surface area contributed by atoms with Crippen molar-refractivity contribution in [3.63, 3.8) is 0 Å². The molecule has 0 saturated heterocycles. The van der Waals surface area contributed by atoms with Gasteiger partial charge in [0.25, 0.3) is 0 Å². The number of methoxy groups -OCH3 is 1. The van der Waals surface area contributed by atoms with Gasteiger partial charge in [-0.05, 0) is 42.8 Å². The maximum atomic E-state index is 11.9. The Bertz CT molecular complexity index is 773. The molecular formula is C19H17NO4. The third-order valence-electron chi connectivity index (χ3n) is 3.14.